The summed E-state index contributed by atoms with van der Waals surface area (Å²) >= 11 is 3.56. The summed E-state index contributed by atoms with van der Waals surface area (Å²) in [6, 6.07) is 8.37. The summed E-state index contributed by atoms with van der Waals surface area (Å²) in [5.41, 5.74) is 7.44. The molecule has 0 radical (unpaired) electrons. The van der Waals surface area contributed by atoms with Gasteiger partial charge in [0.15, 0.2) is 5.96 Å². The number of halogens is 1. The fourth-order valence-corrected chi connectivity index (χ4v) is 3.95. The van der Waals surface area contributed by atoms with Crippen LogP contribution < -0.4 is 10.6 Å². The number of hydrogen-bond donors (Lipinski definition) is 1. The zero-order valence-corrected chi connectivity index (χ0v) is 14.1. The Bertz CT molecular complexity index is 545. The molecule has 114 valence electrons. The molecule has 3 rings (SSSR count). The van der Waals surface area contributed by atoms with Crippen molar-refractivity contribution < 1.29 is 0 Å². The van der Waals surface area contributed by atoms with E-state index in [9.17, 15) is 0 Å². The number of nitrogens with zero attached hydrogens (tertiary/aromatic N) is 3. The molecule has 2 aliphatic heterocycles. The van der Waals surface area contributed by atoms with Gasteiger partial charge in [0.25, 0.3) is 0 Å². The van der Waals surface area contributed by atoms with Crippen molar-refractivity contribution in [2.75, 3.05) is 31.1 Å². The van der Waals surface area contributed by atoms with E-state index in [1.807, 2.05) is 6.07 Å². The lowest BCUT2D eigenvalue weighted by atomic mass is 9.89. The van der Waals surface area contributed by atoms with Gasteiger partial charge in [0.05, 0.1) is 12.1 Å². The molecule has 1 aromatic carbocycles. The molecule has 1 atom stereocenters. The third-order valence-electron chi connectivity index (χ3n) is 4.76. The van der Waals surface area contributed by atoms with Crippen LogP contribution in [0.1, 0.15) is 26.2 Å². The summed E-state index contributed by atoms with van der Waals surface area (Å²) in [6.07, 6.45) is 3.49. The topological polar surface area (TPSA) is 44.9 Å². The fourth-order valence-electron chi connectivity index (χ4n) is 3.57. The number of likely N-dealkylation sites (tertiary alicyclic amines) is 1. The summed E-state index contributed by atoms with van der Waals surface area (Å²) in [5, 5.41) is 0. The van der Waals surface area contributed by atoms with Gasteiger partial charge in [-0.2, -0.15) is 0 Å². The van der Waals surface area contributed by atoms with Crippen LogP contribution in [0.5, 0.6) is 0 Å². The highest BCUT2D eigenvalue weighted by Gasteiger charge is 2.43. The van der Waals surface area contributed by atoms with Crippen molar-refractivity contribution in [2.24, 2.45) is 10.7 Å². The van der Waals surface area contributed by atoms with Crippen LogP contribution in [0.3, 0.4) is 0 Å². The summed E-state index contributed by atoms with van der Waals surface area (Å²) in [6.45, 7) is 6.50. The van der Waals surface area contributed by atoms with Gasteiger partial charge in [0.1, 0.15) is 0 Å². The van der Waals surface area contributed by atoms with Gasteiger partial charge >= 0.3 is 0 Å². The molecule has 1 fully saturated rings. The van der Waals surface area contributed by atoms with Gasteiger partial charge in [-0.1, -0.05) is 28.9 Å². The third kappa shape index (κ3) is 2.81. The zero-order chi connectivity index (χ0) is 14.9. The van der Waals surface area contributed by atoms with Gasteiger partial charge in [-0.05, 0) is 50.6 Å². The maximum absolute atomic E-state index is 6.23. The van der Waals surface area contributed by atoms with Crippen molar-refractivity contribution in [1.82, 2.24) is 4.90 Å². The van der Waals surface area contributed by atoms with Gasteiger partial charge in [0.2, 0.25) is 0 Å². The first-order valence-electron chi connectivity index (χ1n) is 7.73. The molecule has 1 unspecified atom stereocenters. The van der Waals surface area contributed by atoms with Gasteiger partial charge in [-0.3, -0.25) is 4.99 Å². The Balaban J connectivity index is 1.91. The number of anilines is 1. The second-order valence-electron chi connectivity index (χ2n) is 6.00. The van der Waals surface area contributed by atoms with E-state index in [0.29, 0.717) is 5.96 Å². The monoisotopic (exact) mass is 350 g/mol. The first-order chi connectivity index (χ1) is 10.1. The third-order valence-corrected chi connectivity index (χ3v) is 5.26. The standard InChI is InChI=1S/C16H23BrN4/c1-2-20-9-4-7-16(8-10-20)12-19-15(18)21(16)14-6-3-5-13(17)11-14/h3,5-6,11H,2,4,7-10,12H2,1H3,(H2,18,19). The quantitative estimate of drug-likeness (QED) is 0.891. The maximum Gasteiger partial charge on any atom is 0.196 e. The average molecular weight is 351 g/mol. The first kappa shape index (κ1) is 14.9. The number of guanidine groups is 1. The maximum atomic E-state index is 6.23. The Morgan fingerprint density at radius 3 is 2.95 bits per heavy atom. The van der Waals surface area contributed by atoms with Gasteiger partial charge in [-0.25, -0.2) is 0 Å². The van der Waals surface area contributed by atoms with E-state index >= 15 is 0 Å². The first-order valence-corrected chi connectivity index (χ1v) is 8.52. The van der Waals surface area contributed by atoms with E-state index in [2.05, 4.69) is 55.8 Å². The Labute approximate surface area is 135 Å². The van der Waals surface area contributed by atoms with Crippen LogP contribution in [0.4, 0.5) is 5.69 Å². The van der Waals surface area contributed by atoms with Gasteiger partial charge < -0.3 is 15.5 Å². The van der Waals surface area contributed by atoms with E-state index in [4.69, 9.17) is 5.73 Å². The van der Waals surface area contributed by atoms with Crippen LogP contribution in [0.2, 0.25) is 0 Å². The largest absolute Gasteiger partial charge is 0.369 e. The smallest absolute Gasteiger partial charge is 0.196 e. The minimum absolute atomic E-state index is 0.0643. The highest BCUT2D eigenvalue weighted by molar-refractivity contribution is 9.10. The number of hydrogen-bond acceptors (Lipinski definition) is 4. The Morgan fingerprint density at radius 2 is 2.19 bits per heavy atom. The molecule has 1 spiro atoms. The van der Waals surface area contributed by atoms with Crippen molar-refractivity contribution in [1.29, 1.82) is 0 Å². The van der Waals surface area contributed by atoms with Crippen LogP contribution in [-0.2, 0) is 0 Å². The van der Waals surface area contributed by atoms with Gasteiger partial charge in [-0.15, -0.1) is 0 Å². The number of aliphatic imine (C=N–C) groups is 1. The number of benzene rings is 1. The summed E-state index contributed by atoms with van der Waals surface area (Å²) in [7, 11) is 0. The lowest BCUT2D eigenvalue weighted by Crippen LogP contribution is -2.52. The molecule has 2 aliphatic rings. The molecule has 4 nitrogen and oxygen atoms in total. The van der Waals surface area contributed by atoms with Crippen molar-refractivity contribution in [3.8, 4) is 0 Å². The minimum Gasteiger partial charge on any atom is -0.369 e. The van der Waals surface area contributed by atoms with Crippen molar-refractivity contribution in [3.05, 3.63) is 28.7 Å². The van der Waals surface area contributed by atoms with Crippen LogP contribution in [0, 0.1) is 0 Å². The van der Waals surface area contributed by atoms with Crippen LogP contribution >= 0.6 is 15.9 Å². The second-order valence-corrected chi connectivity index (χ2v) is 6.92. The summed E-state index contributed by atoms with van der Waals surface area (Å²) in [5.74, 6) is 0.665. The highest BCUT2D eigenvalue weighted by atomic mass is 79.9. The van der Waals surface area contributed by atoms with Crippen LogP contribution in [0.15, 0.2) is 33.7 Å². The molecule has 0 saturated carbocycles. The van der Waals surface area contributed by atoms with Crippen molar-refractivity contribution in [2.45, 2.75) is 31.7 Å². The van der Waals surface area contributed by atoms with E-state index in [0.717, 1.165) is 42.6 Å². The lowest BCUT2D eigenvalue weighted by Gasteiger charge is -2.39. The van der Waals surface area contributed by atoms with Crippen LogP contribution in [-0.4, -0.2) is 42.6 Å². The summed E-state index contributed by atoms with van der Waals surface area (Å²) in [4.78, 5) is 9.38. The Kier molecular flexibility index (Phi) is 4.22. The zero-order valence-electron chi connectivity index (χ0n) is 12.6. The average Bonchev–Trinajstić information content (AvgIpc) is 2.67. The van der Waals surface area contributed by atoms with E-state index in [-0.39, 0.29) is 5.54 Å². The molecule has 0 aliphatic carbocycles. The molecule has 0 aromatic heterocycles. The van der Waals surface area contributed by atoms with Crippen molar-refractivity contribution >= 4 is 27.6 Å². The van der Waals surface area contributed by atoms with E-state index < -0.39 is 0 Å². The molecule has 2 N–H and O–H groups in total. The predicted molar refractivity (Wildman–Crippen MR) is 91.8 cm³/mol. The Hall–Kier alpha value is -1.07. The highest BCUT2D eigenvalue weighted by Crippen LogP contribution is 2.37. The van der Waals surface area contributed by atoms with Crippen LogP contribution in [0.25, 0.3) is 0 Å². The molecule has 1 saturated heterocycles. The molecule has 0 amide bonds. The Morgan fingerprint density at radius 1 is 1.33 bits per heavy atom. The molecule has 2 heterocycles. The number of rotatable bonds is 2. The van der Waals surface area contributed by atoms with Crippen molar-refractivity contribution in [3.63, 3.8) is 0 Å². The number of nitrogens with two attached hydrogens (primary N) is 1. The summed E-state index contributed by atoms with van der Waals surface area (Å²) < 4.78 is 1.08. The molecular formula is C16H23BrN4. The van der Waals surface area contributed by atoms with Gasteiger partial charge in [0, 0.05) is 16.7 Å². The molecule has 0 bridgehead atoms. The van der Waals surface area contributed by atoms with E-state index in [1.54, 1.807) is 0 Å². The second kappa shape index (κ2) is 5.97. The SMILES string of the molecule is CCN1CCCC2(CC1)CN=C(N)N2c1cccc(Br)c1. The molecule has 5 heteroatoms. The lowest BCUT2D eigenvalue weighted by molar-refractivity contribution is 0.292. The minimum atomic E-state index is 0.0643. The molecule has 21 heavy (non-hydrogen) atoms. The predicted octanol–water partition coefficient (Wildman–Crippen LogP) is 2.83. The molecule has 1 aromatic rings. The normalized spacial score (nSPS) is 27.0. The van der Waals surface area contributed by atoms with E-state index in [1.165, 1.54) is 13.0 Å². The molecular weight excluding hydrogens is 328 g/mol. The fraction of sp³-hybridized carbons (Fsp3) is 0.562.